The van der Waals surface area contributed by atoms with Crippen molar-refractivity contribution in [3.05, 3.63) is 59.9 Å². The molecule has 0 aliphatic rings. The molecule has 1 aromatic carbocycles. The summed E-state index contributed by atoms with van der Waals surface area (Å²) in [5, 5.41) is 3.49. The summed E-state index contributed by atoms with van der Waals surface area (Å²) in [6, 6.07) is 8.24. The number of nitrogens with one attached hydrogen (secondary N) is 1. The summed E-state index contributed by atoms with van der Waals surface area (Å²) < 4.78 is 28.9. The van der Waals surface area contributed by atoms with Gasteiger partial charge in [-0.25, -0.2) is 17.4 Å². The molecule has 0 fully saturated rings. The summed E-state index contributed by atoms with van der Waals surface area (Å²) in [6.07, 6.45) is 4.84. The van der Waals surface area contributed by atoms with E-state index >= 15 is 0 Å². The van der Waals surface area contributed by atoms with Crippen LogP contribution in [0.15, 0.2) is 53.9 Å². The van der Waals surface area contributed by atoms with Gasteiger partial charge in [0, 0.05) is 19.4 Å². The van der Waals surface area contributed by atoms with E-state index in [2.05, 4.69) is 20.3 Å². The van der Waals surface area contributed by atoms with Gasteiger partial charge in [-0.05, 0) is 36.7 Å². The van der Waals surface area contributed by atoms with Crippen LogP contribution in [0.4, 0.5) is 11.6 Å². The minimum atomic E-state index is -3.82. The molecule has 138 valence electrons. The Kier molecular flexibility index (Phi) is 4.12. The van der Waals surface area contributed by atoms with Gasteiger partial charge in [0.1, 0.15) is 11.6 Å². The Balaban J connectivity index is 1.85. The molecule has 0 saturated carbocycles. The molecule has 0 unspecified atom stereocenters. The predicted molar refractivity (Wildman–Crippen MR) is 103 cm³/mol. The largest absolute Gasteiger partial charge is 0.338 e. The zero-order valence-corrected chi connectivity index (χ0v) is 16.0. The summed E-state index contributed by atoms with van der Waals surface area (Å²) in [5.74, 6) is 0.935. The Morgan fingerprint density at radius 3 is 2.52 bits per heavy atom. The van der Waals surface area contributed by atoms with Gasteiger partial charge in [0.05, 0.1) is 16.6 Å². The fourth-order valence-corrected chi connectivity index (χ4v) is 4.14. The number of imidazole rings is 1. The Hall–Kier alpha value is -2.91. The maximum absolute atomic E-state index is 13.0. The van der Waals surface area contributed by atoms with Crippen molar-refractivity contribution in [2.75, 3.05) is 5.32 Å². The molecular weight excluding hydrogens is 388 g/mol. The smallest absolute Gasteiger partial charge is 0.269 e. The highest BCUT2D eigenvalue weighted by molar-refractivity contribution is 7.90. The number of hydrogen-bond acceptors (Lipinski definition) is 6. The first kappa shape index (κ1) is 17.5. The molecule has 3 aromatic heterocycles. The number of halogens is 1. The van der Waals surface area contributed by atoms with Crippen LogP contribution >= 0.6 is 11.6 Å². The molecule has 0 spiro atoms. The normalized spacial score (nSPS) is 11.8. The molecule has 4 rings (SSSR count). The van der Waals surface area contributed by atoms with Crippen molar-refractivity contribution in [2.24, 2.45) is 7.05 Å². The first-order valence-corrected chi connectivity index (χ1v) is 9.78. The predicted octanol–water partition coefficient (Wildman–Crippen LogP) is 3.11. The van der Waals surface area contributed by atoms with Crippen molar-refractivity contribution in [1.29, 1.82) is 0 Å². The molecule has 0 bridgehead atoms. The van der Waals surface area contributed by atoms with E-state index in [1.54, 1.807) is 47.4 Å². The van der Waals surface area contributed by atoms with Crippen LogP contribution < -0.4 is 5.32 Å². The lowest BCUT2D eigenvalue weighted by Crippen LogP contribution is -2.12. The van der Waals surface area contributed by atoms with Gasteiger partial charge in [-0.15, -0.1) is 0 Å². The van der Waals surface area contributed by atoms with Crippen LogP contribution in [0.5, 0.6) is 0 Å². The number of hydrogen-bond donors (Lipinski definition) is 1. The highest BCUT2D eigenvalue weighted by Gasteiger charge is 2.22. The summed E-state index contributed by atoms with van der Waals surface area (Å²) in [5.41, 5.74) is 1.16. The van der Waals surface area contributed by atoms with Gasteiger partial charge >= 0.3 is 0 Å². The van der Waals surface area contributed by atoms with Crippen molar-refractivity contribution < 1.29 is 8.42 Å². The number of aryl methyl sites for hydroxylation is 2. The van der Waals surface area contributed by atoms with Crippen molar-refractivity contribution in [2.45, 2.75) is 11.8 Å². The molecule has 0 aliphatic heterocycles. The van der Waals surface area contributed by atoms with Crippen molar-refractivity contribution in [1.82, 2.24) is 23.5 Å². The van der Waals surface area contributed by atoms with Crippen LogP contribution in [0.3, 0.4) is 0 Å². The highest BCUT2D eigenvalue weighted by atomic mass is 35.5. The maximum atomic E-state index is 13.0. The fraction of sp³-hybridized carbons (Fsp3) is 0.118. The number of aromatic nitrogens is 5. The standard InChI is InChI=1S/C17H15ClN6O2S/c1-11-3-5-12(6-4-11)27(25,26)24-8-7-13-15(21-17(18)22-16(13)24)20-14-9-23(2)10-19-14/h3-10H,1-2H3,(H,20,21,22). The second-order valence-corrected chi connectivity index (χ2v) is 8.21. The van der Waals surface area contributed by atoms with Crippen LogP contribution in [0.25, 0.3) is 11.0 Å². The second kappa shape index (κ2) is 6.36. The van der Waals surface area contributed by atoms with E-state index in [1.165, 1.54) is 6.20 Å². The van der Waals surface area contributed by atoms with E-state index in [0.717, 1.165) is 9.54 Å². The van der Waals surface area contributed by atoms with E-state index in [0.29, 0.717) is 17.0 Å². The molecule has 1 N–H and O–H groups in total. The molecule has 0 atom stereocenters. The second-order valence-electron chi connectivity index (χ2n) is 6.06. The average molecular weight is 403 g/mol. The molecule has 10 heteroatoms. The number of benzene rings is 1. The SMILES string of the molecule is Cc1ccc(S(=O)(=O)n2ccc3c(Nc4cn(C)cn4)nc(Cl)nc32)cc1. The highest BCUT2D eigenvalue weighted by Crippen LogP contribution is 2.28. The van der Waals surface area contributed by atoms with Crippen LogP contribution in [-0.2, 0) is 17.1 Å². The Labute approximate surface area is 160 Å². The Bertz CT molecular complexity index is 1240. The number of fused-ring (bicyclic) bond motifs is 1. The van der Waals surface area contributed by atoms with Gasteiger partial charge in [0.2, 0.25) is 5.28 Å². The van der Waals surface area contributed by atoms with Gasteiger partial charge in [-0.2, -0.15) is 9.97 Å². The third kappa shape index (κ3) is 3.15. The van der Waals surface area contributed by atoms with Crippen molar-refractivity contribution >= 4 is 44.3 Å². The topological polar surface area (TPSA) is 94.7 Å². The third-order valence-electron chi connectivity index (χ3n) is 4.01. The van der Waals surface area contributed by atoms with E-state index in [-0.39, 0.29) is 15.8 Å². The van der Waals surface area contributed by atoms with Gasteiger partial charge in [-0.1, -0.05) is 17.7 Å². The van der Waals surface area contributed by atoms with E-state index < -0.39 is 10.0 Å². The molecule has 3 heterocycles. The molecular formula is C17H15ClN6O2S. The monoisotopic (exact) mass is 402 g/mol. The summed E-state index contributed by atoms with van der Waals surface area (Å²) >= 11 is 6.05. The molecule has 27 heavy (non-hydrogen) atoms. The zero-order chi connectivity index (χ0) is 19.2. The van der Waals surface area contributed by atoms with E-state index in [4.69, 9.17) is 11.6 Å². The third-order valence-corrected chi connectivity index (χ3v) is 5.86. The van der Waals surface area contributed by atoms with E-state index in [1.807, 2.05) is 14.0 Å². The average Bonchev–Trinajstić information content (AvgIpc) is 3.21. The van der Waals surface area contributed by atoms with Gasteiger partial charge in [-0.3, -0.25) is 0 Å². The lowest BCUT2D eigenvalue weighted by molar-refractivity contribution is 0.588. The summed E-state index contributed by atoms with van der Waals surface area (Å²) in [6.45, 7) is 1.89. The quantitative estimate of drug-likeness (QED) is 0.527. The van der Waals surface area contributed by atoms with E-state index in [9.17, 15) is 8.42 Å². The molecule has 0 radical (unpaired) electrons. The van der Waals surface area contributed by atoms with Crippen molar-refractivity contribution in [3.63, 3.8) is 0 Å². The summed E-state index contributed by atoms with van der Waals surface area (Å²) in [7, 11) is -1.98. The molecule has 4 aromatic rings. The lowest BCUT2D eigenvalue weighted by Gasteiger charge is -2.09. The minimum Gasteiger partial charge on any atom is -0.338 e. The summed E-state index contributed by atoms with van der Waals surface area (Å²) in [4.78, 5) is 12.6. The van der Waals surface area contributed by atoms with Crippen LogP contribution in [0.2, 0.25) is 5.28 Å². The molecule has 0 saturated heterocycles. The first-order chi connectivity index (χ1) is 12.8. The minimum absolute atomic E-state index is 0.0695. The number of anilines is 2. The van der Waals surface area contributed by atoms with Gasteiger partial charge < -0.3 is 9.88 Å². The lowest BCUT2D eigenvalue weighted by atomic mass is 10.2. The van der Waals surface area contributed by atoms with Crippen LogP contribution in [-0.4, -0.2) is 31.9 Å². The molecule has 0 amide bonds. The fourth-order valence-electron chi connectivity index (χ4n) is 2.68. The van der Waals surface area contributed by atoms with Crippen LogP contribution in [0.1, 0.15) is 5.56 Å². The Morgan fingerprint density at radius 2 is 1.85 bits per heavy atom. The van der Waals surface area contributed by atoms with Crippen molar-refractivity contribution in [3.8, 4) is 0 Å². The zero-order valence-electron chi connectivity index (χ0n) is 14.5. The van der Waals surface area contributed by atoms with Gasteiger partial charge in [0.25, 0.3) is 10.0 Å². The molecule has 8 nitrogen and oxygen atoms in total. The number of rotatable bonds is 4. The van der Waals surface area contributed by atoms with Gasteiger partial charge in [0.15, 0.2) is 5.65 Å². The Morgan fingerprint density at radius 1 is 1.11 bits per heavy atom. The number of nitrogens with zero attached hydrogens (tertiary/aromatic N) is 5. The first-order valence-electron chi connectivity index (χ1n) is 7.96. The maximum Gasteiger partial charge on any atom is 0.269 e. The molecule has 0 aliphatic carbocycles. The van der Waals surface area contributed by atoms with Crippen LogP contribution in [0, 0.1) is 6.92 Å².